The van der Waals surface area contributed by atoms with Crippen molar-refractivity contribution in [3.05, 3.63) is 59.2 Å². The maximum absolute atomic E-state index is 12.7. The van der Waals surface area contributed by atoms with E-state index in [1.807, 2.05) is 32.0 Å². The normalized spacial score (nSPS) is 15.0. The summed E-state index contributed by atoms with van der Waals surface area (Å²) < 4.78 is 26.6. The van der Waals surface area contributed by atoms with Crippen molar-refractivity contribution in [2.24, 2.45) is 0 Å². The van der Waals surface area contributed by atoms with Gasteiger partial charge in [-0.3, -0.25) is 9.59 Å². The van der Waals surface area contributed by atoms with E-state index in [1.54, 1.807) is 0 Å². The molecule has 154 valence electrons. The summed E-state index contributed by atoms with van der Waals surface area (Å²) in [5.41, 5.74) is 3.30. The summed E-state index contributed by atoms with van der Waals surface area (Å²) in [6.45, 7) is 4.38. The fourth-order valence-corrected chi connectivity index (χ4v) is 4.73. The lowest BCUT2D eigenvalue weighted by Crippen LogP contribution is -2.49. The number of hydrogen-bond donors (Lipinski definition) is 2. The number of piperazine rings is 1. The van der Waals surface area contributed by atoms with Gasteiger partial charge in [-0.05, 0) is 48.2 Å². The van der Waals surface area contributed by atoms with Gasteiger partial charge in [0.05, 0.1) is 11.4 Å². The minimum atomic E-state index is -3.78. The van der Waals surface area contributed by atoms with Crippen LogP contribution in [0.4, 0.5) is 5.69 Å². The van der Waals surface area contributed by atoms with Crippen molar-refractivity contribution in [3.63, 3.8) is 0 Å². The Morgan fingerprint density at radius 2 is 1.69 bits per heavy atom. The average molecular weight is 416 g/mol. The van der Waals surface area contributed by atoms with E-state index in [4.69, 9.17) is 0 Å². The summed E-state index contributed by atoms with van der Waals surface area (Å²) in [5.74, 6) is -0.612. The van der Waals surface area contributed by atoms with Crippen molar-refractivity contribution in [1.82, 2.24) is 9.62 Å². The number of nitrogens with one attached hydrogen (secondary N) is 2. The monoisotopic (exact) mass is 415 g/mol. The molecule has 2 N–H and O–H groups in total. The second kappa shape index (κ2) is 8.75. The van der Waals surface area contributed by atoms with Crippen LogP contribution in [0.3, 0.4) is 0 Å². The third kappa shape index (κ3) is 4.49. The first-order valence-electron chi connectivity index (χ1n) is 9.65. The van der Waals surface area contributed by atoms with Crippen LogP contribution in [-0.2, 0) is 27.7 Å². The molecule has 1 fully saturated rings. The number of nitrogens with zero attached hydrogens (tertiary/aromatic N) is 1. The Bertz CT molecular complexity index is 994. The predicted octanol–water partition coefficient (Wildman–Crippen LogP) is 2.18. The zero-order valence-electron chi connectivity index (χ0n) is 16.6. The van der Waals surface area contributed by atoms with Gasteiger partial charge in [0.2, 0.25) is 15.9 Å². The van der Waals surface area contributed by atoms with Crippen LogP contribution in [0.15, 0.2) is 47.4 Å². The smallest absolute Gasteiger partial charge is 0.255 e. The predicted molar refractivity (Wildman–Crippen MR) is 111 cm³/mol. The van der Waals surface area contributed by atoms with Gasteiger partial charge in [0.25, 0.3) is 5.91 Å². The third-order valence-electron chi connectivity index (χ3n) is 4.99. The number of hydrogen-bond acceptors (Lipinski definition) is 4. The Hall–Kier alpha value is -2.71. The van der Waals surface area contributed by atoms with Crippen molar-refractivity contribution in [2.75, 3.05) is 25.0 Å². The minimum Gasteiger partial charge on any atom is -0.354 e. The first-order valence-corrected chi connectivity index (χ1v) is 11.1. The van der Waals surface area contributed by atoms with Gasteiger partial charge in [-0.15, -0.1) is 0 Å². The lowest BCUT2D eigenvalue weighted by molar-refractivity contribution is -0.122. The topological polar surface area (TPSA) is 95.6 Å². The summed E-state index contributed by atoms with van der Waals surface area (Å²) >= 11 is 0. The van der Waals surface area contributed by atoms with Crippen molar-refractivity contribution < 1.29 is 18.0 Å². The molecule has 8 heteroatoms. The first kappa shape index (κ1) is 21.0. The molecule has 1 aliphatic heterocycles. The molecule has 0 bridgehead atoms. The summed E-state index contributed by atoms with van der Waals surface area (Å²) in [7, 11) is -3.78. The molecule has 2 aromatic rings. The Labute approximate surface area is 171 Å². The first-order chi connectivity index (χ1) is 13.9. The summed E-state index contributed by atoms with van der Waals surface area (Å²) in [5, 5.41) is 5.58. The molecule has 0 saturated carbocycles. The van der Waals surface area contributed by atoms with Gasteiger partial charge >= 0.3 is 0 Å². The van der Waals surface area contributed by atoms with Gasteiger partial charge in [-0.1, -0.05) is 32.0 Å². The molecule has 2 aromatic carbocycles. The van der Waals surface area contributed by atoms with Gasteiger partial charge in [0, 0.05) is 24.3 Å². The number of para-hydroxylation sites is 1. The Kier molecular flexibility index (Phi) is 6.34. The van der Waals surface area contributed by atoms with Crippen molar-refractivity contribution >= 4 is 27.5 Å². The molecule has 7 nitrogen and oxygen atoms in total. The molecule has 29 heavy (non-hydrogen) atoms. The highest BCUT2D eigenvalue weighted by Gasteiger charge is 2.29. The van der Waals surface area contributed by atoms with E-state index in [-0.39, 0.29) is 36.3 Å². The molecule has 3 rings (SSSR count). The second-order valence-corrected chi connectivity index (χ2v) is 8.76. The van der Waals surface area contributed by atoms with Crippen molar-refractivity contribution in [2.45, 2.75) is 31.6 Å². The number of benzene rings is 2. The largest absolute Gasteiger partial charge is 0.354 e. The molecule has 0 aromatic heterocycles. The van der Waals surface area contributed by atoms with Crippen LogP contribution in [0.5, 0.6) is 0 Å². The van der Waals surface area contributed by atoms with Gasteiger partial charge in [0.1, 0.15) is 0 Å². The molecule has 0 aliphatic carbocycles. The van der Waals surface area contributed by atoms with Crippen LogP contribution >= 0.6 is 0 Å². The van der Waals surface area contributed by atoms with E-state index in [9.17, 15) is 18.0 Å². The number of rotatable bonds is 6. The van der Waals surface area contributed by atoms with E-state index in [0.29, 0.717) is 5.56 Å². The van der Waals surface area contributed by atoms with Crippen LogP contribution in [0.25, 0.3) is 0 Å². The van der Waals surface area contributed by atoms with E-state index >= 15 is 0 Å². The Balaban J connectivity index is 1.80. The highest BCUT2D eigenvalue weighted by Crippen LogP contribution is 2.24. The minimum absolute atomic E-state index is 0.0620. The standard InChI is InChI=1S/C21H25N3O4S/c1-3-15-6-5-7-16(4-2)20(15)23-21(26)17-8-10-18(11-9-17)29(27,28)24-13-12-22-19(25)14-24/h5-11H,3-4,12-14H2,1-2H3,(H,22,25)(H,23,26). The molecular formula is C21H25N3O4S. The lowest BCUT2D eigenvalue weighted by Gasteiger charge is -2.25. The molecule has 0 radical (unpaired) electrons. The van der Waals surface area contributed by atoms with Gasteiger partial charge in [-0.2, -0.15) is 4.31 Å². The highest BCUT2D eigenvalue weighted by atomic mass is 32.2. The lowest BCUT2D eigenvalue weighted by atomic mass is 10.0. The molecule has 0 unspecified atom stereocenters. The number of aryl methyl sites for hydroxylation is 2. The molecule has 2 amide bonds. The van der Waals surface area contributed by atoms with Gasteiger partial charge < -0.3 is 10.6 Å². The zero-order valence-corrected chi connectivity index (χ0v) is 17.4. The van der Waals surface area contributed by atoms with E-state index in [0.717, 1.165) is 34.0 Å². The Morgan fingerprint density at radius 3 is 2.24 bits per heavy atom. The van der Waals surface area contributed by atoms with E-state index < -0.39 is 10.0 Å². The fourth-order valence-electron chi connectivity index (χ4n) is 3.34. The maximum atomic E-state index is 12.7. The second-order valence-electron chi connectivity index (χ2n) is 6.83. The van der Waals surface area contributed by atoms with Crippen LogP contribution < -0.4 is 10.6 Å². The molecule has 0 spiro atoms. The van der Waals surface area contributed by atoms with E-state index in [1.165, 1.54) is 24.3 Å². The SMILES string of the molecule is CCc1cccc(CC)c1NC(=O)c1ccc(S(=O)(=O)N2CCNC(=O)C2)cc1. The zero-order chi connectivity index (χ0) is 21.0. The highest BCUT2D eigenvalue weighted by molar-refractivity contribution is 7.89. The number of anilines is 1. The maximum Gasteiger partial charge on any atom is 0.255 e. The quantitative estimate of drug-likeness (QED) is 0.756. The van der Waals surface area contributed by atoms with Crippen molar-refractivity contribution in [3.8, 4) is 0 Å². The third-order valence-corrected chi connectivity index (χ3v) is 6.85. The summed E-state index contributed by atoms with van der Waals surface area (Å²) in [6.07, 6.45) is 1.59. The Morgan fingerprint density at radius 1 is 1.07 bits per heavy atom. The molecule has 1 heterocycles. The van der Waals surface area contributed by atoms with E-state index in [2.05, 4.69) is 10.6 Å². The number of sulfonamides is 1. The molecule has 1 aliphatic rings. The molecule has 1 saturated heterocycles. The van der Waals surface area contributed by atoms with Crippen LogP contribution in [0.2, 0.25) is 0 Å². The fraction of sp³-hybridized carbons (Fsp3) is 0.333. The van der Waals surface area contributed by atoms with Gasteiger partial charge in [0.15, 0.2) is 0 Å². The van der Waals surface area contributed by atoms with Crippen molar-refractivity contribution in [1.29, 1.82) is 0 Å². The summed E-state index contributed by atoms with van der Waals surface area (Å²) in [4.78, 5) is 24.3. The summed E-state index contributed by atoms with van der Waals surface area (Å²) in [6, 6.07) is 11.7. The average Bonchev–Trinajstić information content (AvgIpc) is 2.74. The number of carbonyl (C=O) groups excluding carboxylic acids is 2. The van der Waals surface area contributed by atoms with Crippen LogP contribution in [-0.4, -0.2) is 44.2 Å². The van der Waals surface area contributed by atoms with Crippen LogP contribution in [0, 0.1) is 0 Å². The van der Waals surface area contributed by atoms with Crippen LogP contribution in [0.1, 0.15) is 35.3 Å². The van der Waals surface area contributed by atoms with Gasteiger partial charge in [-0.25, -0.2) is 8.42 Å². The number of amides is 2. The molecule has 0 atom stereocenters. The molecular weight excluding hydrogens is 390 g/mol. The number of carbonyl (C=O) groups is 2.